The molecule has 1 rings (SSSR count). The minimum atomic E-state index is 0.496. The molecule has 0 radical (unpaired) electrons. The molecule has 0 saturated carbocycles. The molecule has 0 aliphatic carbocycles. The van der Waals surface area contributed by atoms with Crippen molar-refractivity contribution < 1.29 is 0 Å². The molecule has 1 saturated heterocycles. The Hall–Kier alpha value is 1.42. The highest BCUT2D eigenvalue weighted by atomic mass is 127. The molecule has 15 heavy (non-hydrogen) atoms. The molecule has 3 heteroatoms. The highest BCUT2D eigenvalue weighted by Crippen LogP contribution is 2.46. The van der Waals surface area contributed by atoms with Gasteiger partial charge in [-0.3, -0.25) is 0 Å². The Kier molecular flexibility index (Phi) is 6.75. The summed E-state index contributed by atoms with van der Waals surface area (Å²) in [6.07, 6.45) is 6.82. The van der Waals surface area contributed by atoms with Crippen LogP contribution in [0.2, 0.25) is 0 Å². The van der Waals surface area contributed by atoms with Crippen molar-refractivity contribution in [1.82, 2.24) is 5.32 Å². The van der Waals surface area contributed by atoms with E-state index in [-0.39, 0.29) is 0 Å². The molecule has 1 nitrogen and oxygen atoms in total. The zero-order valence-electron chi connectivity index (χ0n) is 9.86. The molecular formula is C12H23I2N. The lowest BCUT2D eigenvalue weighted by molar-refractivity contribution is 0.243. The molecule has 0 aromatic carbocycles. The van der Waals surface area contributed by atoms with Crippen LogP contribution in [0.15, 0.2) is 0 Å². The Morgan fingerprint density at radius 3 is 2.33 bits per heavy atom. The number of rotatable bonds is 5. The summed E-state index contributed by atoms with van der Waals surface area (Å²) in [5.41, 5.74) is 0. The van der Waals surface area contributed by atoms with Crippen molar-refractivity contribution in [2.75, 3.05) is 13.1 Å². The van der Waals surface area contributed by atoms with E-state index >= 15 is 0 Å². The van der Waals surface area contributed by atoms with Crippen molar-refractivity contribution in [1.29, 1.82) is 0 Å². The van der Waals surface area contributed by atoms with Crippen LogP contribution < -0.4 is 5.32 Å². The number of hydrogen-bond donors (Lipinski definition) is 1. The van der Waals surface area contributed by atoms with Crippen LogP contribution in [0, 0.1) is 11.8 Å². The minimum Gasteiger partial charge on any atom is -0.316 e. The van der Waals surface area contributed by atoms with Crippen LogP contribution in [0.5, 0.6) is 0 Å². The van der Waals surface area contributed by atoms with E-state index in [0.717, 1.165) is 11.8 Å². The van der Waals surface area contributed by atoms with Crippen LogP contribution in [-0.4, -0.2) is 14.5 Å². The maximum Gasteiger partial charge on any atom is 0.0789 e. The second-order valence-corrected chi connectivity index (χ2v) is 10.6. The van der Waals surface area contributed by atoms with E-state index in [1.54, 1.807) is 0 Å². The van der Waals surface area contributed by atoms with Gasteiger partial charge in [0.15, 0.2) is 0 Å². The fraction of sp³-hybridized carbons (Fsp3) is 1.00. The summed E-state index contributed by atoms with van der Waals surface area (Å²) < 4.78 is 0.496. The average molecular weight is 435 g/mol. The fourth-order valence-electron chi connectivity index (χ4n) is 2.65. The smallest absolute Gasteiger partial charge is 0.0789 e. The largest absolute Gasteiger partial charge is 0.316 e. The Morgan fingerprint density at radius 2 is 1.87 bits per heavy atom. The lowest BCUT2D eigenvalue weighted by atomic mass is 9.81. The van der Waals surface area contributed by atoms with Gasteiger partial charge >= 0.3 is 0 Å². The second kappa shape index (κ2) is 6.99. The predicted octanol–water partition coefficient (Wildman–Crippen LogP) is 4.38. The van der Waals surface area contributed by atoms with Crippen molar-refractivity contribution in [3.63, 3.8) is 0 Å². The topological polar surface area (TPSA) is 12.0 Å². The Balaban J connectivity index is 2.62. The average Bonchev–Trinajstić information content (AvgIpc) is 2.17. The summed E-state index contributed by atoms with van der Waals surface area (Å²) in [7, 11) is 0. The van der Waals surface area contributed by atoms with Gasteiger partial charge in [-0.15, -0.1) is 0 Å². The Bertz CT molecular complexity index is 176. The molecule has 90 valence electrons. The monoisotopic (exact) mass is 435 g/mol. The van der Waals surface area contributed by atoms with Crippen LogP contribution >= 0.6 is 45.2 Å². The number of hydrogen-bond acceptors (Lipinski definition) is 1. The van der Waals surface area contributed by atoms with E-state index in [1.165, 1.54) is 45.2 Å². The fourth-order valence-corrected chi connectivity index (χ4v) is 4.64. The van der Waals surface area contributed by atoms with Crippen molar-refractivity contribution in [2.45, 2.75) is 47.4 Å². The van der Waals surface area contributed by atoms with Crippen molar-refractivity contribution in [3.8, 4) is 0 Å². The van der Waals surface area contributed by atoms with Crippen molar-refractivity contribution >= 4 is 45.2 Å². The van der Waals surface area contributed by atoms with Gasteiger partial charge in [-0.1, -0.05) is 84.7 Å². The summed E-state index contributed by atoms with van der Waals surface area (Å²) in [6, 6.07) is 0. The molecule has 1 fully saturated rings. The molecule has 0 spiro atoms. The van der Waals surface area contributed by atoms with Crippen LogP contribution in [0.4, 0.5) is 0 Å². The van der Waals surface area contributed by atoms with Crippen molar-refractivity contribution in [2.24, 2.45) is 11.8 Å². The van der Waals surface area contributed by atoms with Gasteiger partial charge in [0.1, 0.15) is 0 Å². The molecule has 1 unspecified atom stereocenters. The molecule has 0 aromatic rings. The van der Waals surface area contributed by atoms with E-state index in [9.17, 15) is 0 Å². The van der Waals surface area contributed by atoms with Crippen LogP contribution in [0.1, 0.15) is 46.0 Å². The normalized spacial score (nSPS) is 25.8. The first kappa shape index (κ1) is 14.5. The summed E-state index contributed by atoms with van der Waals surface area (Å²) >= 11 is 5.39. The SMILES string of the molecule is CCCC(CCC)C1CNCCC1(I)I. The highest BCUT2D eigenvalue weighted by Gasteiger charge is 2.39. The molecule has 1 atom stereocenters. The zero-order valence-corrected chi connectivity index (χ0v) is 14.2. The minimum absolute atomic E-state index is 0.496. The van der Waals surface area contributed by atoms with Crippen LogP contribution in [-0.2, 0) is 0 Å². The van der Waals surface area contributed by atoms with E-state index < -0.39 is 0 Å². The van der Waals surface area contributed by atoms with Gasteiger partial charge in [0.2, 0.25) is 0 Å². The maximum absolute atomic E-state index is 3.58. The third kappa shape index (κ3) is 4.30. The first-order chi connectivity index (χ1) is 7.11. The third-order valence-corrected chi connectivity index (χ3v) is 6.11. The second-order valence-electron chi connectivity index (χ2n) is 4.66. The summed E-state index contributed by atoms with van der Waals surface area (Å²) in [5.74, 6) is 1.80. The zero-order chi connectivity index (χ0) is 11.3. The van der Waals surface area contributed by atoms with E-state index in [0.29, 0.717) is 1.43 Å². The van der Waals surface area contributed by atoms with Crippen molar-refractivity contribution in [3.05, 3.63) is 0 Å². The van der Waals surface area contributed by atoms with Crippen LogP contribution in [0.25, 0.3) is 0 Å². The van der Waals surface area contributed by atoms with Gasteiger partial charge in [-0.25, -0.2) is 0 Å². The Morgan fingerprint density at radius 1 is 1.27 bits per heavy atom. The van der Waals surface area contributed by atoms with E-state index in [4.69, 9.17) is 0 Å². The number of piperidine rings is 1. The molecule has 1 N–H and O–H groups in total. The quantitative estimate of drug-likeness (QED) is 0.500. The number of alkyl halides is 2. The first-order valence-corrected chi connectivity index (χ1v) is 8.36. The number of nitrogens with one attached hydrogen (secondary N) is 1. The molecular weight excluding hydrogens is 412 g/mol. The Labute approximate surface area is 122 Å². The molecule has 1 aliphatic heterocycles. The molecule has 1 aliphatic rings. The van der Waals surface area contributed by atoms with Gasteiger partial charge in [-0.05, 0) is 24.8 Å². The van der Waals surface area contributed by atoms with E-state index in [2.05, 4.69) is 64.3 Å². The third-order valence-electron chi connectivity index (χ3n) is 3.43. The summed E-state index contributed by atoms with van der Waals surface area (Å²) in [4.78, 5) is 0. The predicted molar refractivity (Wildman–Crippen MR) is 85.1 cm³/mol. The molecule has 0 aromatic heterocycles. The first-order valence-electron chi connectivity index (χ1n) is 6.20. The highest BCUT2D eigenvalue weighted by molar-refractivity contribution is 14.2. The standard InChI is InChI=1S/C12H23I2N/c1-3-5-10(6-4-2)11-9-15-8-7-12(11,13)14/h10-11,15H,3-9H2,1-2H3. The molecule has 0 amide bonds. The van der Waals surface area contributed by atoms with E-state index in [1.807, 2.05) is 0 Å². The van der Waals surface area contributed by atoms with Gasteiger partial charge in [-0.2, -0.15) is 0 Å². The number of halogens is 2. The maximum atomic E-state index is 3.58. The van der Waals surface area contributed by atoms with Gasteiger partial charge < -0.3 is 5.32 Å². The van der Waals surface area contributed by atoms with Crippen LogP contribution in [0.3, 0.4) is 0 Å². The van der Waals surface area contributed by atoms with Gasteiger partial charge in [0.05, 0.1) is 1.43 Å². The lowest BCUT2D eigenvalue weighted by Gasteiger charge is -2.41. The lowest BCUT2D eigenvalue weighted by Crippen LogP contribution is -2.46. The molecule has 0 bridgehead atoms. The van der Waals surface area contributed by atoms with Gasteiger partial charge in [0.25, 0.3) is 0 Å². The van der Waals surface area contributed by atoms with Gasteiger partial charge in [0, 0.05) is 6.54 Å². The molecule has 1 heterocycles. The summed E-state index contributed by atoms with van der Waals surface area (Å²) in [6.45, 7) is 7.08. The summed E-state index contributed by atoms with van der Waals surface area (Å²) in [5, 5.41) is 3.58.